The van der Waals surface area contributed by atoms with Crippen LogP contribution in [0.15, 0.2) is 18.2 Å². The van der Waals surface area contributed by atoms with Crippen molar-refractivity contribution in [2.24, 2.45) is 5.92 Å². The van der Waals surface area contributed by atoms with Gasteiger partial charge in [0.15, 0.2) is 0 Å². The van der Waals surface area contributed by atoms with E-state index in [2.05, 4.69) is 5.32 Å². The molecule has 2 atom stereocenters. The highest BCUT2D eigenvalue weighted by Crippen LogP contribution is 2.50. The number of hydrogen-bond donors (Lipinski definition) is 1. The van der Waals surface area contributed by atoms with Gasteiger partial charge in [0.1, 0.15) is 18.0 Å². The van der Waals surface area contributed by atoms with Gasteiger partial charge in [-0.05, 0) is 62.8 Å². The van der Waals surface area contributed by atoms with Crippen molar-refractivity contribution in [1.29, 1.82) is 0 Å². The predicted octanol–water partition coefficient (Wildman–Crippen LogP) is 3.99. The van der Waals surface area contributed by atoms with E-state index in [4.69, 9.17) is 25.8 Å². The molecule has 1 amide bonds. The first kappa shape index (κ1) is 18.9. The minimum atomic E-state index is -0.484. The Bertz CT molecular complexity index is 571. The molecule has 0 radical (unpaired) electrons. The van der Waals surface area contributed by atoms with Gasteiger partial charge in [0.2, 0.25) is 0 Å². The largest absolute Gasteiger partial charge is 0.491 e. The summed E-state index contributed by atoms with van der Waals surface area (Å²) in [6, 6.07) is 5.66. The fourth-order valence-corrected chi connectivity index (χ4v) is 2.74. The second-order valence-corrected chi connectivity index (χ2v) is 7.44. The fourth-order valence-electron chi connectivity index (χ4n) is 2.56. The quantitative estimate of drug-likeness (QED) is 0.751. The Morgan fingerprint density at radius 1 is 1.33 bits per heavy atom. The second kappa shape index (κ2) is 8.08. The SMILES string of the molecule is COCCOc1ccc(Cl)cc1C1CC1CNC(=O)OC(C)(C)C. The molecular formula is C18H26ClNO4. The van der Waals surface area contributed by atoms with Crippen molar-refractivity contribution in [1.82, 2.24) is 5.32 Å². The van der Waals surface area contributed by atoms with Crippen LogP contribution in [-0.2, 0) is 9.47 Å². The van der Waals surface area contributed by atoms with E-state index < -0.39 is 5.60 Å². The van der Waals surface area contributed by atoms with Crippen LogP contribution in [0.2, 0.25) is 5.02 Å². The van der Waals surface area contributed by atoms with Crippen molar-refractivity contribution in [3.8, 4) is 5.75 Å². The Hall–Kier alpha value is -1.46. The van der Waals surface area contributed by atoms with Crippen LogP contribution in [0, 0.1) is 5.92 Å². The van der Waals surface area contributed by atoms with E-state index in [1.807, 2.05) is 39.0 Å². The molecular weight excluding hydrogens is 330 g/mol. The number of hydrogen-bond acceptors (Lipinski definition) is 4. The average molecular weight is 356 g/mol. The van der Waals surface area contributed by atoms with Crippen molar-refractivity contribution in [2.45, 2.75) is 38.7 Å². The van der Waals surface area contributed by atoms with E-state index in [1.165, 1.54) is 0 Å². The van der Waals surface area contributed by atoms with Crippen molar-refractivity contribution in [3.05, 3.63) is 28.8 Å². The highest BCUT2D eigenvalue weighted by Gasteiger charge is 2.40. The third-order valence-corrected chi connectivity index (χ3v) is 3.98. The third kappa shape index (κ3) is 5.87. The number of halogens is 1. The predicted molar refractivity (Wildman–Crippen MR) is 93.9 cm³/mol. The molecule has 0 saturated heterocycles. The van der Waals surface area contributed by atoms with E-state index in [-0.39, 0.29) is 6.09 Å². The molecule has 1 aliphatic rings. The number of carbonyl (C=O) groups excluding carboxylic acids is 1. The highest BCUT2D eigenvalue weighted by atomic mass is 35.5. The Morgan fingerprint density at radius 3 is 2.75 bits per heavy atom. The number of alkyl carbamates (subject to hydrolysis) is 1. The summed E-state index contributed by atoms with van der Waals surface area (Å²) < 4.78 is 16.0. The Balaban J connectivity index is 1.89. The standard InChI is InChI=1S/C18H26ClNO4/c1-18(2,3)24-17(21)20-11-12-9-14(12)15-10-13(19)5-6-16(15)23-8-7-22-4/h5-6,10,12,14H,7-9,11H2,1-4H3,(H,20,21). The maximum atomic E-state index is 11.7. The van der Waals surface area contributed by atoms with Gasteiger partial charge in [0.05, 0.1) is 6.61 Å². The van der Waals surface area contributed by atoms with Crippen LogP contribution in [0.4, 0.5) is 4.79 Å². The summed E-state index contributed by atoms with van der Waals surface area (Å²) in [4.78, 5) is 11.7. The molecule has 0 spiro atoms. The molecule has 2 rings (SSSR count). The zero-order valence-corrected chi connectivity index (χ0v) is 15.5. The molecule has 1 N–H and O–H groups in total. The number of ether oxygens (including phenoxy) is 3. The van der Waals surface area contributed by atoms with Crippen LogP contribution in [0.3, 0.4) is 0 Å². The van der Waals surface area contributed by atoms with Crippen LogP contribution >= 0.6 is 11.6 Å². The minimum Gasteiger partial charge on any atom is -0.491 e. The van der Waals surface area contributed by atoms with E-state index in [0.717, 1.165) is 17.7 Å². The van der Waals surface area contributed by atoms with Gasteiger partial charge in [0, 0.05) is 18.7 Å². The first-order valence-electron chi connectivity index (χ1n) is 8.18. The van der Waals surface area contributed by atoms with Gasteiger partial charge in [0.25, 0.3) is 0 Å². The number of methoxy groups -OCH3 is 1. The molecule has 1 aliphatic carbocycles. The molecule has 134 valence electrons. The van der Waals surface area contributed by atoms with Crippen LogP contribution < -0.4 is 10.1 Å². The lowest BCUT2D eigenvalue weighted by Crippen LogP contribution is -2.33. The Labute approximate surface area is 148 Å². The zero-order chi connectivity index (χ0) is 17.7. The molecule has 6 heteroatoms. The van der Waals surface area contributed by atoms with E-state index in [1.54, 1.807) is 7.11 Å². The second-order valence-electron chi connectivity index (χ2n) is 7.01. The van der Waals surface area contributed by atoms with Gasteiger partial charge in [-0.3, -0.25) is 0 Å². The first-order chi connectivity index (χ1) is 11.3. The molecule has 1 aromatic carbocycles. The fraction of sp³-hybridized carbons (Fsp3) is 0.611. The summed E-state index contributed by atoms with van der Waals surface area (Å²) in [7, 11) is 1.64. The van der Waals surface area contributed by atoms with Crippen LogP contribution in [0.5, 0.6) is 5.75 Å². The van der Waals surface area contributed by atoms with E-state index in [9.17, 15) is 4.79 Å². The maximum Gasteiger partial charge on any atom is 0.407 e. The first-order valence-corrected chi connectivity index (χ1v) is 8.56. The summed E-state index contributed by atoms with van der Waals surface area (Å²) in [5.41, 5.74) is 0.608. The van der Waals surface area contributed by atoms with Crippen molar-refractivity contribution < 1.29 is 19.0 Å². The third-order valence-electron chi connectivity index (χ3n) is 3.75. The molecule has 1 fully saturated rings. The molecule has 24 heavy (non-hydrogen) atoms. The molecule has 2 unspecified atom stereocenters. The molecule has 0 bridgehead atoms. The van der Waals surface area contributed by atoms with Crippen LogP contribution in [-0.4, -0.2) is 38.6 Å². The Kier molecular flexibility index (Phi) is 6.35. The van der Waals surface area contributed by atoms with Crippen LogP contribution in [0.25, 0.3) is 0 Å². The van der Waals surface area contributed by atoms with Crippen molar-refractivity contribution in [2.75, 3.05) is 26.9 Å². The number of benzene rings is 1. The summed E-state index contributed by atoms with van der Waals surface area (Å²) in [5.74, 6) is 1.55. The topological polar surface area (TPSA) is 56.8 Å². The smallest absolute Gasteiger partial charge is 0.407 e. The summed E-state index contributed by atoms with van der Waals surface area (Å²) in [5, 5.41) is 3.52. The molecule has 0 aliphatic heterocycles. The van der Waals surface area contributed by atoms with Gasteiger partial charge in [-0.2, -0.15) is 0 Å². The number of rotatable bonds is 7. The normalized spacial score (nSPS) is 19.7. The molecule has 1 saturated carbocycles. The average Bonchev–Trinajstić information content (AvgIpc) is 3.24. The van der Waals surface area contributed by atoms with Gasteiger partial charge in [-0.15, -0.1) is 0 Å². The molecule has 5 nitrogen and oxygen atoms in total. The minimum absolute atomic E-state index is 0.344. The molecule has 0 heterocycles. The highest BCUT2D eigenvalue weighted by molar-refractivity contribution is 6.30. The summed E-state index contributed by atoms with van der Waals surface area (Å²) in [6.45, 7) is 7.17. The Morgan fingerprint density at radius 2 is 2.08 bits per heavy atom. The lowest BCUT2D eigenvalue weighted by atomic mass is 10.1. The van der Waals surface area contributed by atoms with Gasteiger partial charge >= 0.3 is 6.09 Å². The maximum absolute atomic E-state index is 11.7. The zero-order valence-electron chi connectivity index (χ0n) is 14.7. The number of carbonyl (C=O) groups is 1. The summed E-state index contributed by atoms with van der Waals surface area (Å²) >= 11 is 6.13. The lowest BCUT2D eigenvalue weighted by molar-refractivity contribution is 0.0525. The number of nitrogens with one attached hydrogen (secondary N) is 1. The van der Waals surface area contributed by atoms with Crippen molar-refractivity contribution >= 4 is 17.7 Å². The number of amides is 1. The molecule has 1 aromatic rings. The van der Waals surface area contributed by atoms with Crippen LogP contribution in [0.1, 0.15) is 38.7 Å². The summed E-state index contributed by atoms with van der Waals surface area (Å²) in [6.07, 6.45) is 0.618. The van der Waals surface area contributed by atoms with Gasteiger partial charge in [-0.1, -0.05) is 11.6 Å². The van der Waals surface area contributed by atoms with Gasteiger partial charge < -0.3 is 19.5 Å². The monoisotopic (exact) mass is 355 g/mol. The van der Waals surface area contributed by atoms with Crippen molar-refractivity contribution in [3.63, 3.8) is 0 Å². The molecule has 0 aromatic heterocycles. The van der Waals surface area contributed by atoms with E-state index >= 15 is 0 Å². The lowest BCUT2D eigenvalue weighted by Gasteiger charge is -2.19. The van der Waals surface area contributed by atoms with Gasteiger partial charge in [-0.25, -0.2) is 4.79 Å². The van der Waals surface area contributed by atoms with E-state index in [0.29, 0.717) is 36.6 Å².